The summed E-state index contributed by atoms with van der Waals surface area (Å²) < 4.78 is 0. The molecule has 0 spiro atoms. The number of carbonyl (C=O) groups is 2. The highest BCUT2D eigenvalue weighted by molar-refractivity contribution is 6.34. The Bertz CT molecular complexity index is 1180. The maximum atomic E-state index is 12.8. The molecule has 1 fully saturated rings. The lowest BCUT2D eigenvalue weighted by molar-refractivity contribution is 0.100. The largest absolute Gasteiger partial charge is 0.365 e. The fourth-order valence-electron chi connectivity index (χ4n) is 3.74. The molecule has 3 amide bonds. The van der Waals surface area contributed by atoms with Gasteiger partial charge in [-0.25, -0.2) is 9.78 Å². The van der Waals surface area contributed by atoms with Crippen molar-refractivity contribution in [1.29, 1.82) is 0 Å². The number of urea groups is 1. The van der Waals surface area contributed by atoms with Crippen LogP contribution in [0.3, 0.4) is 0 Å². The Morgan fingerprint density at radius 1 is 1.15 bits per heavy atom. The average molecular weight is 480 g/mol. The molecule has 0 atom stereocenters. The topological polar surface area (TPSA) is 116 Å². The molecule has 0 radical (unpaired) electrons. The van der Waals surface area contributed by atoms with Crippen molar-refractivity contribution in [2.24, 2.45) is 5.73 Å². The van der Waals surface area contributed by atoms with Gasteiger partial charge in [0, 0.05) is 38.6 Å². The van der Waals surface area contributed by atoms with Gasteiger partial charge in [0.15, 0.2) is 0 Å². The summed E-state index contributed by atoms with van der Waals surface area (Å²) in [5, 5.41) is 6.72. The van der Waals surface area contributed by atoms with E-state index in [-0.39, 0.29) is 17.5 Å². The minimum Gasteiger partial charge on any atom is -0.365 e. The number of nitrogens with one attached hydrogen (secondary N) is 2. The second-order valence-corrected chi connectivity index (χ2v) is 8.39. The lowest BCUT2D eigenvalue weighted by Gasteiger charge is -2.25. The zero-order valence-electron chi connectivity index (χ0n) is 18.8. The van der Waals surface area contributed by atoms with Crippen molar-refractivity contribution in [3.05, 3.63) is 70.9 Å². The van der Waals surface area contributed by atoms with E-state index in [1.165, 1.54) is 6.20 Å². The molecule has 3 aromatic rings. The number of amides is 3. The minimum atomic E-state index is -0.627. The number of hydrogen-bond acceptors (Lipinski definition) is 6. The monoisotopic (exact) mass is 479 g/mol. The van der Waals surface area contributed by atoms with Gasteiger partial charge in [0.25, 0.3) is 5.91 Å². The molecule has 0 aliphatic carbocycles. The van der Waals surface area contributed by atoms with Crippen LogP contribution in [0.4, 0.5) is 27.9 Å². The standard InChI is InChI=1S/C24H26ClN7O2/c1-31(24(34)32-11-5-6-12-32)20-13-17(9-10-19(20)25)29-23-28-15-18(21(26)33)22(30-23)27-14-16-7-3-2-4-8-16/h2-4,7-10,13,15H,5-6,11-12,14H2,1H3,(H2,26,33)(H2,27,28,29,30). The quantitative estimate of drug-likeness (QED) is 0.466. The molecule has 34 heavy (non-hydrogen) atoms. The van der Waals surface area contributed by atoms with Crippen LogP contribution in [0.2, 0.25) is 5.02 Å². The first kappa shape index (κ1) is 23.3. The fraction of sp³-hybridized carbons (Fsp3) is 0.250. The molecule has 1 aliphatic rings. The highest BCUT2D eigenvalue weighted by Gasteiger charge is 2.23. The lowest BCUT2D eigenvalue weighted by Crippen LogP contribution is -2.39. The molecule has 1 aromatic heterocycles. The number of halogens is 1. The molecule has 9 nitrogen and oxygen atoms in total. The van der Waals surface area contributed by atoms with Crippen LogP contribution >= 0.6 is 11.6 Å². The fourth-order valence-corrected chi connectivity index (χ4v) is 3.98. The number of rotatable bonds is 7. The molecule has 4 N–H and O–H groups in total. The van der Waals surface area contributed by atoms with Crippen molar-refractivity contribution in [3.8, 4) is 0 Å². The molecule has 2 aromatic carbocycles. The van der Waals surface area contributed by atoms with Gasteiger partial charge in [0.2, 0.25) is 5.95 Å². The maximum absolute atomic E-state index is 12.8. The third kappa shape index (κ3) is 5.37. The highest BCUT2D eigenvalue weighted by atomic mass is 35.5. The molecular formula is C24H26ClN7O2. The summed E-state index contributed by atoms with van der Waals surface area (Å²) in [7, 11) is 1.70. The summed E-state index contributed by atoms with van der Waals surface area (Å²) in [5.41, 5.74) is 7.93. The van der Waals surface area contributed by atoms with E-state index in [4.69, 9.17) is 17.3 Å². The van der Waals surface area contributed by atoms with E-state index in [0.29, 0.717) is 28.8 Å². The van der Waals surface area contributed by atoms with E-state index >= 15 is 0 Å². The summed E-state index contributed by atoms with van der Waals surface area (Å²) in [4.78, 5) is 36.7. The van der Waals surface area contributed by atoms with E-state index in [9.17, 15) is 9.59 Å². The van der Waals surface area contributed by atoms with Crippen LogP contribution in [0, 0.1) is 0 Å². The smallest absolute Gasteiger partial charge is 0.324 e. The molecular weight excluding hydrogens is 454 g/mol. The summed E-state index contributed by atoms with van der Waals surface area (Å²) in [6, 6.07) is 14.9. The number of benzene rings is 2. The third-order valence-electron chi connectivity index (χ3n) is 5.58. The van der Waals surface area contributed by atoms with Gasteiger partial charge in [-0.15, -0.1) is 0 Å². The predicted molar refractivity (Wildman–Crippen MR) is 134 cm³/mol. The number of anilines is 4. The van der Waals surface area contributed by atoms with Gasteiger partial charge >= 0.3 is 6.03 Å². The van der Waals surface area contributed by atoms with Crippen LogP contribution in [0.25, 0.3) is 0 Å². The van der Waals surface area contributed by atoms with Gasteiger partial charge in [-0.05, 0) is 36.6 Å². The zero-order chi connectivity index (χ0) is 24.1. The number of primary amides is 1. The molecule has 0 bridgehead atoms. The first-order valence-corrected chi connectivity index (χ1v) is 11.3. The van der Waals surface area contributed by atoms with Gasteiger partial charge in [0.05, 0.1) is 16.3 Å². The molecule has 2 heterocycles. The molecule has 1 aliphatic heterocycles. The Balaban J connectivity index is 1.54. The number of carbonyl (C=O) groups excluding carboxylic acids is 2. The van der Waals surface area contributed by atoms with E-state index in [2.05, 4.69) is 20.6 Å². The van der Waals surface area contributed by atoms with Gasteiger partial charge in [0.1, 0.15) is 5.82 Å². The predicted octanol–water partition coefficient (Wildman–Crippen LogP) is 4.24. The normalized spacial score (nSPS) is 12.9. The summed E-state index contributed by atoms with van der Waals surface area (Å²) in [5.74, 6) is -0.0373. The van der Waals surface area contributed by atoms with Crippen molar-refractivity contribution in [1.82, 2.24) is 14.9 Å². The Morgan fingerprint density at radius 3 is 2.59 bits per heavy atom. The summed E-state index contributed by atoms with van der Waals surface area (Å²) >= 11 is 6.39. The minimum absolute atomic E-state index is 0.0917. The number of nitrogens with zero attached hydrogens (tertiary/aromatic N) is 4. The van der Waals surface area contributed by atoms with Gasteiger partial charge in [-0.1, -0.05) is 41.9 Å². The van der Waals surface area contributed by atoms with Crippen LogP contribution in [-0.2, 0) is 6.54 Å². The van der Waals surface area contributed by atoms with Crippen molar-refractivity contribution in [2.45, 2.75) is 19.4 Å². The summed E-state index contributed by atoms with van der Waals surface area (Å²) in [6.45, 7) is 1.96. The van der Waals surface area contributed by atoms with E-state index in [1.54, 1.807) is 30.1 Å². The molecule has 0 unspecified atom stereocenters. The third-order valence-corrected chi connectivity index (χ3v) is 5.90. The molecule has 10 heteroatoms. The number of nitrogens with two attached hydrogens (primary N) is 1. The van der Waals surface area contributed by atoms with Crippen LogP contribution in [0.1, 0.15) is 28.8 Å². The number of hydrogen-bond donors (Lipinski definition) is 3. The SMILES string of the molecule is CN(C(=O)N1CCCC1)c1cc(Nc2ncc(C(N)=O)c(NCc3ccccc3)n2)ccc1Cl. The molecule has 176 valence electrons. The van der Waals surface area contributed by atoms with E-state index < -0.39 is 5.91 Å². The van der Waals surface area contributed by atoms with Crippen molar-refractivity contribution in [3.63, 3.8) is 0 Å². The first-order chi connectivity index (χ1) is 16.4. The zero-order valence-corrected chi connectivity index (χ0v) is 19.5. The maximum Gasteiger partial charge on any atom is 0.324 e. The Kier molecular flexibility index (Phi) is 7.12. The van der Waals surface area contributed by atoms with Crippen molar-refractivity contribution < 1.29 is 9.59 Å². The van der Waals surface area contributed by atoms with Crippen molar-refractivity contribution >= 4 is 46.7 Å². The summed E-state index contributed by atoms with van der Waals surface area (Å²) in [6.07, 6.45) is 3.40. The molecule has 4 rings (SSSR count). The van der Waals surface area contributed by atoms with E-state index in [0.717, 1.165) is 31.5 Å². The Labute approximate surface area is 202 Å². The van der Waals surface area contributed by atoms with Crippen LogP contribution in [0.15, 0.2) is 54.7 Å². The van der Waals surface area contributed by atoms with Crippen LogP contribution in [-0.4, -0.2) is 46.9 Å². The first-order valence-electron chi connectivity index (χ1n) is 11.0. The average Bonchev–Trinajstić information content (AvgIpc) is 3.39. The van der Waals surface area contributed by atoms with Crippen LogP contribution in [0.5, 0.6) is 0 Å². The Morgan fingerprint density at radius 2 is 1.88 bits per heavy atom. The second kappa shape index (κ2) is 10.4. The number of likely N-dealkylation sites (tertiary alicyclic amines) is 1. The van der Waals surface area contributed by atoms with Crippen LogP contribution < -0.4 is 21.3 Å². The Hall–Kier alpha value is -3.85. The van der Waals surface area contributed by atoms with Gasteiger partial charge in [-0.2, -0.15) is 4.98 Å². The van der Waals surface area contributed by atoms with E-state index in [1.807, 2.05) is 35.2 Å². The molecule has 1 saturated heterocycles. The second-order valence-electron chi connectivity index (χ2n) is 7.99. The highest BCUT2D eigenvalue weighted by Crippen LogP contribution is 2.30. The van der Waals surface area contributed by atoms with Gasteiger partial charge < -0.3 is 21.3 Å². The van der Waals surface area contributed by atoms with Gasteiger partial charge in [-0.3, -0.25) is 9.69 Å². The number of aromatic nitrogens is 2. The molecule has 0 saturated carbocycles. The van der Waals surface area contributed by atoms with Crippen molar-refractivity contribution in [2.75, 3.05) is 35.7 Å². The lowest BCUT2D eigenvalue weighted by atomic mass is 10.2.